The summed E-state index contributed by atoms with van der Waals surface area (Å²) in [6.45, 7) is 8.46. The standard InChI is InChI=1S/C16H24FNO/c1-16(2,3)13-7-9-18(10-8-13)15-12(11-19)5-4-6-14(15)17/h4-6,13,19H,7-11H2,1-3H3. The maximum absolute atomic E-state index is 14.0. The fraction of sp³-hybridized carbons (Fsp3) is 0.625. The topological polar surface area (TPSA) is 23.5 Å². The maximum Gasteiger partial charge on any atom is 0.146 e. The van der Waals surface area contributed by atoms with E-state index >= 15 is 0 Å². The van der Waals surface area contributed by atoms with Gasteiger partial charge in [0.15, 0.2) is 0 Å². The lowest BCUT2D eigenvalue weighted by Crippen LogP contribution is -2.38. The van der Waals surface area contributed by atoms with Gasteiger partial charge in [0, 0.05) is 18.7 Å². The Morgan fingerprint density at radius 2 is 1.89 bits per heavy atom. The Labute approximate surface area is 115 Å². The average Bonchev–Trinajstić information content (AvgIpc) is 2.37. The van der Waals surface area contributed by atoms with Gasteiger partial charge in [-0.3, -0.25) is 0 Å². The van der Waals surface area contributed by atoms with Crippen LogP contribution in [0.4, 0.5) is 10.1 Å². The third-order valence-corrected chi connectivity index (χ3v) is 4.28. The molecule has 0 atom stereocenters. The zero-order valence-electron chi connectivity index (χ0n) is 12.1. The summed E-state index contributed by atoms with van der Waals surface area (Å²) in [5, 5.41) is 9.36. The van der Waals surface area contributed by atoms with Crippen molar-refractivity contribution < 1.29 is 9.50 Å². The lowest BCUT2D eigenvalue weighted by Gasteiger charge is -2.40. The zero-order valence-corrected chi connectivity index (χ0v) is 12.1. The van der Waals surface area contributed by atoms with Gasteiger partial charge in [-0.05, 0) is 30.2 Å². The molecular formula is C16H24FNO. The van der Waals surface area contributed by atoms with Crippen molar-refractivity contribution in [1.82, 2.24) is 0 Å². The van der Waals surface area contributed by atoms with Crippen LogP contribution >= 0.6 is 0 Å². The minimum atomic E-state index is -0.222. The SMILES string of the molecule is CC(C)(C)C1CCN(c2c(F)cccc2CO)CC1. The number of aliphatic hydroxyl groups excluding tert-OH is 1. The third kappa shape index (κ3) is 3.08. The minimum Gasteiger partial charge on any atom is -0.392 e. The summed E-state index contributed by atoms with van der Waals surface area (Å²) in [6.07, 6.45) is 2.17. The Morgan fingerprint density at radius 3 is 2.42 bits per heavy atom. The number of halogens is 1. The predicted octanol–water partition coefficient (Wildman–Crippen LogP) is 3.58. The fourth-order valence-corrected chi connectivity index (χ4v) is 3.01. The molecule has 1 aromatic rings. The van der Waals surface area contributed by atoms with Gasteiger partial charge in [0.05, 0.1) is 12.3 Å². The number of benzene rings is 1. The van der Waals surface area contributed by atoms with E-state index in [0.29, 0.717) is 22.6 Å². The Kier molecular flexibility index (Phi) is 4.14. The van der Waals surface area contributed by atoms with E-state index in [2.05, 4.69) is 25.7 Å². The van der Waals surface area contributed by atoms with Gasteiger partial charge in [0.1, 0.15) is 5.82 Å². The number of hydrogen-bond acceptors (Lipinski definition) is 2. The van der Waals surface area contributed by atoms with Crippen molar-refractivity contribution in [2.75, 3.05) is 18.0 Å². The Morgan fingerprint density at radius 1 is 1.26 bits per heavy atom. The normalized spacial score (nSPS) is 17.8. The van der Waals surface area contributed by atoms with Crippen LogP contribution in [-0.2, 0) is 6.61 Å². The van der Waals surface area contributed by atoms with Gasteiger partial charge in [0.2, 0.25) is 0 Å². The third-order valence-electron chi connectivity index (χ3n) is 4.28. The summed E-state index contributed by atoms with van der Waals surface area (Å²) in [7, 11) is 0. The quantitative estimate of drug-likeness (QED) is 0.883. The first-order chi connectivity index (χ1) is 8.93. The molecular weight excluding hydrogens is 241 g/mol. The molecule has 2 nitrogen and oxygen atoms in total. The van der Waals surface area contributed by atoms with Gasteiger partial charge in [-0.2, -0.15) is 0 Å². The summed E-state index contributed by atoms with van der Waals surface area (Å²) in [6, 6.07) is 4.94. The van der Waals surface area contributed by atoms with Crippen LogP contribution in [0.5, 0.6) is 0 Å². The summed E-state index contributed by atoms with van der Waals surface area (Å²) in [5.41, 5.74) is 1.60. The molecule has 0 aliphatic carbocycles. The molecule has 0 unspecified atom stereocenters. The predicted molar refractivity (Wildman–Crippen MR) is 76.7 cm³/mol. The zero-order chi connectivity index (χ0) is 14.0. The molecule has 0 bridgehead atoms. The first-order valence-electron chi connectivity index (χ1n) is 7.06. The number of piperidine rings is 1. The van der Waals surface area contributed by atoms with Gasteiger partial charge in [-0.15, -0.1) is 0 Å². The molecule has 1 N–H and O–H groups in total. The summed E-state index contributed by atoms with van der Waals surface area (Å²) < 4.78 is 14.0. The van der Waals surface area contributed by atoms with E-state index in [1.54, 1.807) is 12.1 Å². The number of aliphatic hydroxyl groups is 1. The van der Waals surface area contributed by atoms with Crippen molar-refractivity contribution in [3.8, 4) is 0 Å². The van der Waals surface area contributed by atoms with E-state index in [-0.39, 0.29) is 12.4 Å². The molecule has 0 saturated carbocycles. The van der Waals surface area contributed by atoms with Crippen LogP contribution < -0.4 is 4.90 Å². The van der Waals surface area contributed by atoms with Gasteiger partial charge < -0.3 is 10.0 Å². The van der Waals surface area contributed by atoms with Gasteiger partial charge in [-0.1, -0.05) is 32.9 Å². The van der Waals surface area contributed by atoms with Crippen molar-refractivity contribution in [2.24, 2.45) is 11.3 Å². The van der Waals surface area contributed by atoms with E-state index in [9.17, 15) is 9.50 Å². The van der Waals surface area contributed by atoms with Crippen LogP contribution in [0.1, 0.15) is 39.2 Å². The summed E-state index contributed by atoms with van der Waals surface area (Å²) in [4.78, 5) is 2.09. The molecule has 0 amide bonds. The van der Waals surface area contributed by atoms with Crippen molar-refractivity contribution >= 4 is 5.69 Å². The first kappa shape index (κ1) is 14.3. The lowest BCUT2D eigenvalue weighted by atomic mass is 9.75. The second-order valence-corrected chi connectivity index (χ2v) is 6.53. The van der Waals surface area contributed by atoms with Gasteiger partial charge >= 0.3 is 0 Å². The van der Waals surface area contributed by atoms with Crippen LogP contribution in [0.2, 0.25) is 0 Å². The largest absolute Gasteiger partial charge is 0.392 e. The van der Waals surface area contributed by atoms with E-state index in [1.165, 1.54) is 6.07 Å². The highest BCUT2D eigenvalue weighted by molar-refractivity contribution is 5.55. The highest BCUT2D eigenvalue weighted by Crippen LogP contribution is 2.36. The number of hydrogen-bond donors (Lipinski definition) is 1. The molecule has 0 aromatic heterocycles. The van der Waals surface area contributed by atoms with E-state index in [0.717, 1.165) is 25.9 Å². The van der Waals surface area contributed by atoms with Crippen LogP contribution in [0.15, 0.2) is 18.2 Å². The van der Waals surface area contributed by atoms with Crippen molar-refractivity contribution in [2.45, 2.75) is 40.2 Å². The monoisotopic (exact) mass is 265 g/mol. The molecule has 106 valence electrons. The first-order valence-corrected chi connectivity index (χ1v) is 7.06. The molecule has 1 aliphatic rings. The molecule has 1 aliphatic heterocycles. The molecule has 0 spiro atoms. The molecule has 1 heterocycles. The van der Waals surface area contributed by atoms with Crippen molar-refractivity contribution in [1.29, 1.82) is 0 Å². The molecule has 2 rings (SSSR count). The van der Waals surface area contributed by atoms with Crippen LogP contribution in [0.3, 0.4) is 0 Å². The second-order valence-electron chi connectivity index (χ2n) is 6.53. The number of rotatable bonds is 2. The van der Waals surface area contributed by atoms with Crippen LogP contribution in [0, 0.1) is 17.2 Å². The average molecular weight is 265 g/mol. The summed E-state index contributed by atoms with van der Waals surface area (Å²) in [5.74, 6) is 0.467. The highest BCUT2D eigenvalue weighted by Gasteiger charge is 2.30. The van der Waals surface area contributed by atoms with E-state index in [4.69, 9.17) is 0 Å². The number of anilines is 1. The lowest BCUT2D eigenvalue weighted by molar-refractivity contribution is 0.198. The highest BCUT2D eigenvalue weighted by atomic mass is 19.1. The number of nitrogens with zero attached hydrogens (tertiary/aromatic N) is 1. The molecule has 1 saturated heterocycles. The Balaban J connectivity index is 2.14. The van der Waals surface area contributed by atoms with Gasteiger partial charge in [0.25, 0.3) is 0 Å². The molecule has 19 heavy (non-hydrogen) atoms. The number of para-hydroxylation sites is 1. The second kappa shape index (κ2) is 5.49. The van der Waals surface area contributed by atoms with E-state index in [1.807, 2.05) is 0 Å². The fourth-order valence-electron chi connectivity index (χ4n) is 3.01. The van der Waals surface area contributed by atoms with Crippen LogP contribution in [0.25, 0.3) is 0 Å². The van der Waals surface area contributed by atoms with Crippen molar-refractivity contribution in [3.63, 3.8) is 0 Å². The minimum absolute atomic E-state index is 0.105. The van der Waals surface area contributed by atoms with Crippen molar-refractivity contribution in [3.05, 3.63) is 29.6 Å². The van der Waals surface area contributed by atoms with Gasteiger partial charge in [-0.25, -0.2) is 4.39 Å². The van der Waals surface area contributed by atoms with E-state index < -0.39 is 0 Å². The molecule has 1 aromatic carbocycles. The Bertz CT molecular complexity index is 431. The maximum atomic E-state index is 14.0. The smallest absolute Gasteiger partial charge is 0.146 e. The molecule has 0 radical (unpaired) electrons. The molecule has 1 fully saturated rings. The molecule has 3 heteroatoms. The van der Waals surface area contributed by atoms with Crippen LogP contribution in [-0.4, -0.2) is 18.2 Å². The summed E-state index contributed by atoms with van der Waals surface area (Å²) >= 11 is 0. The Hall–Kier alpha value is -1.09.